The molecule has 0 N–H and O–H groups in total. The van der Waals surface area contributed by atoms with Gasteiger partial charge in [0.1, 0.15) is 0 Å². The van der Waals surface area contributed by atoms with Crippen molar-refractivity contribution < 1.29 is 4.79 Å². The highest BCUT2D eigenvalue weighted by Gasteiger charge is 2.17. The Morgan fingerprint density at radius 3 is 1.81 bits per heavy atom. The van der Waals surface area contributed by atoms with E-state index in [-0.39, 0.29) is 11.3 Å². The minimum atomic E-state index is 0.131. The minimum Gasteiger partial charge on any atom is -0.339 e. The van der Waals surface area contributed by atoms with Crippen LogP contribution in [0.5, 0.6) is 0 Å². The molecule has 0 saturated heterocycles. The largest absolute Gasteiger partial charge is 0.339 e. The van der Waals surface area contributed by atoms with E-state index in [9.17, 15) is 4.79 Å². The molecule has 0 atom stereocenters. The highest BCUT2D eigenvalue weighted by molar-refractivity contribution is 5.94. The van der Waals surface area contributed by atoms with Gasteiger partial charge in [-0.15, -0.1) is 0 Å². The summed E-state index contributed by atoms with van der Waals surface area (Å²) in [6, 6.07) is 8.14. The van der Waals surface area contributed by atoms with Crippen LogP contribution < -0.4 is 0 Å². The van der Waals surface area contributed by atoms with Crippen LogP contribution in [-0.2, 0) is 5.41 Å². The molecule has 0 aliphatic heterocycles. The molecule has 1 rings (SSSR count). The van der Waals surface area contributed by atoms with Crippen molar-refractivity contribution in [3.8, 4) is 0 Å². The molecule has 0 aromatic heterocycles. The normalized spacial score (nSPS) is 11.5. The number of hydrogen-bond donors (Lipinski definition) is 0. The quantitative estimate of drug-likeness (QED) is 0.689. The van der Waals surface area contributed by atoms with Gasteiger partial charge in [-0.05, 0) is 36.0 Å². The second-order valence-electron chi connectivity index (χ2n) is 6.83. The first kappa shape index (κ1) is 17.7. The highest BCUT2D eigenvalue weighted by atomic mass is 16.2. The molecule has 21 heavy (non-hydrogen) atoms. The third-order valence-corrected chi connectivity index (χ3v) is 3.85. The molecule has 1 amide bonds. The first-order chi connectivity index (χ1) is 9.90. The molecule has 0 fully saturated rings. The van der Waals surface area contributed by atoms with Crippen LogP contribution in [0.2, 0.25) is 0 Å². The predicted octanol–water partition coefficient (Wildman–Crippen LogP) is 5.03. The van der Waals surface area contributed by atoms with E-state index < -0.39 is 0 Å². The standard InChI is InChI=1S/C19H31NO/c1-6-8-14-20(15-9-7-2)18(21)16-10-12-17(13-11-16)19(3,4)5/h10-13H,6-9,14-15H2,1-5H3. The lowest BCUT2D eigenvalue weighted by atomic mass is 9.86. The molecular weight excluding hydrogens is 258 g/mol. The molecule has 2 nitrogen and oxygen atoms in total. The van der Waals surface area contributed by atoms with Gasteiger partial charge in [-0.1, -0.05) is 59.6 Å². The Morgan fingerprint density at radius 2 is 1.43 bits per heavy atom. The van der Waals surface area contributed by atoms with Gasteiger partial charge >= 0.3 is 0 Å². The number of carbonyl (C=O) groups is 1. The molecular formula is C19H31NO. The molecule has 0 heterocycles. The van der Waals surface area contributed by atoms with Crippen molar-refractivity contribution in [1.82, 2.24) is 4.90 Å². The lowest BCUT2D eigenvalue weighted by Gasteiger charge is -2.23. The van der Waals surface area contributed by atoms with Crippen LogP contribution in [0, 0.1) is 0 Å². The maximum atomic E-state index is 12.6. The Balaban J connectivity index is 2.82. The number of carbonyl (C=O) groups excluding carboxylic acids is 1. The maximum absolute atomic E-state index is 12.6. The number of hydrogen-bond acceptors (Lipinski definition) is 1. The van der Waals surface area contributed by atoms with E-state index >= 15 is 0 Å². The van der Waals surface area contributed by atoms with Gasteiger partial charge in [-0.2, -0.15) is 0 Å². The number of benzene rings is 1. The molecule has 0 saturated carbocycles. The topological polar surface area (TPSA) is 20.3 Å². The van der Waals surface area contributed by atoms with Crippen molar-refractivity contribution in [3.05, 3.63) is 35.4 Å². The summed E-state index contributed by atoms with van der Waals surface area (Å²) in [5.74, 6) is 0.178. The van der Waals surface area contributed by atoms with E-state index in [1.165, 1.54) is 5.56 Å². The van der Waals surface area contributed by atoms with E-state index in [4.69, 9.17) is 0 Å². The van der Waals surface area contributed by atoms with Crippen molar-refractivity contribution >= 4 is 5.91 Å². The van der Waals surface area contributed by atoms with Crippen LogP contribution in [0.3, 0.4) is 0 Å². The summed E-state index contributed by atoms with van der Waals surface area (Å²) in [4.78, 5) is 14.7. The van der Waals surface area contributed by atoms with E-state index in [1.54, 1.807) is 0 Å². The third-order valence-electron chi connectivity index (χ3n) is 3.85. The molecule has 1 aromatic rings. The van der Waals surface area contributed by atoms with E-state index in [2.05, 4.69) is 46.8 Å². The number of amides is 1. The van der Waals surface area contributed by atoms with Gasteiger partial charge in [0.25, 0.3) is 5.91 Å². The van der Waals surface area contributed by atoms with E-state index in [1.807, 2.05) is 17.0 Å². The van der Waals surface area contributed by atoms with E-state index in [0.717, 1.165) is 44.3 Å². The minimum absolute atomic E-state index is 0.131. The van der Waals surface area contributed by atoms with Crippen LogP contribution in [0.15, 0.2) is 24.3 Å². The first-order valence-corrected chi connectivity index (χ1v) is 8.30. The first-order valence-electron chi connectivity index (χ1n) is 8.30. The van der Waals surface area contributed by atoms with Gasteiger partial charge < -0.3 is 4.90 Å². The van der Waals surface area contributed by atoms with E-state index in [0.29, 0.717) is 0 Å². The van der Waals surface area contributed by atoms with Crippen LogP contribution in [-0.4, -0.2) is 23.9 Å². The van der Waals surface area contributed by atoms with Gasteiger partial charge in [0.15, 0.2) is 0 Å². The Hall–Kier alpha value is -1.31. The van der Waals surface area contributed by atoms with Gasteiger partial charge in [0.05, 0.1) is 0 Å². The highest BCUT2D eigenvalue weighted by Crippen LogP contribution is 2.22. The SMILES string of the molecule is CCCCN(CCCC)C(=O)c1ccc(C(C)(C)C)cc1. The van der Waals surface area contributed by atoms with Crippen molar-refractivity contribution in [2.24, 2.45) is 0 Å². The lowest BCUT2D eigenvalue weighted by Crippen LogP contribution is -2.33. The monoisotopic (exact) mass is 289 g/mol. The van der Waals surface area contributed by atoms with Crippen molar-refractivity contribution in [2.75, 3.05) is 13.1 Å². The lowest BCUT2D eigenvalue weighted by molar-refractivity contribution is 0.0751. The maximum Gasteiger partial charge on any atom is 0.253 e. The Morgan fingerprint density at radius 1 is 0.952 bits per heavy atom. The van der Waals surface area contributed by atoms with Gasteiger partial charge in [0.2, 0.25) is 0 Å². The number of nitrogens with zero attached hydrogens (tertiary/aromatic N) is 1. The fraction of sp³-hybridized carbons (Fsp3) is 0.632. The second-order valence-corrected chi connectivity index (χ2v) is 6.83. The Kier molecular flexibility index (Phi) is 6.94. The second kappa shape index (κ2) is 8.21. The fourth-order valence-electron chi connectivity index (χ4n) is 2.31. The fourth-order valence-corrected chi connectivity index (χ4v) is 2.31. The van der Waals surface area contributed by atoms with Crippen LogP contribution >= 0.6 is 0 Å². The van der Waals surface area contributed by atoms with Crippen molar-refractivity contribution in [3.63, 3.8) is 0 Å². The average Bonchev–Trinajstić information content (AvgIpc) is 2.46. The summed E-state index contributed by atoms with van der Waals surface area (Å²) in [7, 11) is 0. The molecule has 0 aliphatic carbocycles. The van der Waals surface area contributed by atoms with Crippen LogP contribution in [0.1, 0.15) is 76.2 Å². The summed E-state index contributed by atoms with van der Waals surface area (Å²) in [6.07, 6.45) is 4.41. The zero-order valence-electron chi connectivity index (χ0n) is 14.4. The average molecular weight is 289 g/mol. The molecule has 0 radical (unpaired) electrons. The molecule has 0 bridgehead atoms. The predicted molar refractivity (Wildman–Crippen MR) is 90.9 cm³/mol. The van der Waals surface area contributed by atoms with Gasteiger partial charge in [-0.25, -0.2) is 0 Å². The van der Waals surface area contributed by atoms with Gasteiger partial charge in [-0.3, -0.25) is 4.79 Å². The summed E-state index contributed by atoms with van der Waals surface area (Å²) in [5.41, 5.74) is 2.22. The molecule has 0 aliphatic rings. The molecule has 1 aromatic carbocycles. The van der Waals surface area contributed by atoms with Crippen molar-refractivity contribution in [1.29, 1.82) is 0 Å². The number of unbranched alkanes of at least 4 members (excludes halogenated alkanes) is 2. The Labute approximate surface area is 130 Å². The summed E-state index contributed by atoms with van der Waals surface area (Å²) >= 11 is 0. The zero-order valence-corrected chi connectivity index (χ0v) is 14.4. The molecule has 0 spiro atoms. The number of rotatable bonds is 7. The van der Waals surface area contributed by atoms with Gasteiger partial charge in [0, 0.05) is 18.7 Å². The zero-order chi connectivity index (χ0) is 15.9. The Bertz CT molecular complexity index is 420. The summed E-state index contributed by atoms with van der Waals surface area (Å²) < 4.78 is 0. The molecule has 2 heteroatoms. The van der Waals surface area contributed by atoms with Crippen molar-refractivity contribution in [2.45, 2.75) is 65.7 Å². The summed E-state index contributed by atoms with van der Waals surface area (Å²) in [5, 5.41) is 0. The smallest absolute Gasteiger partial charge is 0.253 e. The third kappa shape index (κ3) is 5.53. The molecule has 118 valence electrons. The summed E-state index contributed by atoms with van der Waals surface area (Å²) in [6.45, 7) is 12.7. The molecule has 0 unspecified atom stereocenters. The van der Waals surface area contributed by atoms with Crippen LogP contribution in [0.25, 0.3) is 0 Å². The van der Waals surface area contributed by atoms with Crippen LogP contribution in [0.4, 0.5) is 0 Å².